The van der Waals surface area contributed by atoms with Crippen molar-refractivity contribution in [1.82, 2.24) is 46.6 Å². The molecule has 13 amide bonds. The van der Waals surface area contributed by atoms with Gasteiger partial charge in [0.05, 0.1) is 0 Å². The summed E-state index contributed by atoms with van der Waals surface area (Å²) in [4.78, 5) is 103. The van der Waals surface area contributed by atoms with Crippen molar-refractivity contribution in [1.29, 1.82) is 0 Å². The van der Waals surface area contributed by atoms with Crippen LogP contribution in [-0.4, -0.2) is 116 Å². The number of likely N-dealkylation sites (N-methyl/N-ethyl adjacent to an activating group) is 3. The highest BCUT2D eigenvalue weighted by Crippen LogP contribution is 2.16. The van der Waals surface area contributed by atoms with Crippen LogP contribution in [0.4, 0.5) is 24.0 Å². The third-order valence-electron chi connectivity index (χ3n) is 6.26. The minimum atomic E-state index is -1.23. The quantitative estimate of drug-likeness (QED) is 0.200. The van der Waals surface area contributed by atoms with Crippen molar-refractivity contribution >= 4 is 47.9 Å². The Kier molecular flexibility index (Phi) is 15.6. The maximum atomic E-state index is 13.5. The normalized spacial score (nSPS) is 12.7. The molecule has 0 aromatic carbocycles. The van der Waals surface area contributed by atoms with Crippen molar-refractivity contribution in [3.63, 3.8) is 0 Å². The first-order chi connectivity index (χ1) is 19.4. The minimum absolute atomic E-state index is 0.0640. The molecule has 6 N–H and O–H groups in total. The van der Waals surface area contributed by atoms with Crippen LogP contribution in [0.25, 0.3) is 0 Å². The summed E-state index contributed by atoms with van der Waals surface area (Å²) >= 11 is 0. The summed E-state index contributed by atoms with van der Waals surface area (Å²) in [6, 6.07) is -8.06. The van der Waals surface area contributed by atoms with Crippen LogP contribution in [-0.2, 0) is 14.4 Å². The van der Waals surface area contributed by atoms with Crippen molar-refractivity contribution in [2.24, 2.45) is 11.8 Å². The SMILES string of the molecule is CC[C@H](C(=O)N(C)[C@@H](CC(C)C)C(=O)N[C@H](C(=O)N(C)C(=O)NC(=O)NC(=O)NC)C(C)C)N(C)C(=O)NC(=O)NC. The zero-order chi connectivity index (χ0) is 32.9. The highest BCUT2D eigenvalue weighted by Gasteiger charge is 2.37. The van der Waals surface area contributed by atoms with Crippen molar-refractivity contribution in [2.45, 2.75) is 65.6 Å². The zero-order valence-corrected chi connectivity index (χ0v) is 25.9. The van der Waals surface area contributed by atoms with E-state index in [9.17, 15) is 38.4 Å². The molecule has 42 heavy (non-hydrogen) atoms. The maximum absolute atomic E-state index is 13.5. The van der Waals surface area contributed by atoms with E-state index >= 15 is 0 Å². The van der Waals surface area contributed by atoms with Crippen molar-refractivity contribution in [2.75, 3.05) is 35.2 Å². The van der Waals surface area contributed by atoms with Crippen LogP contribution in [0.2, 0.25) is 0 Å². The standard InChI is InChI=1S/C25H45N9O8/c1-11-15(33(9)24(41)30-22(39)27-7)19(36)32(8)16(12-13(2)3)18(35)28-17(14(4)5)20(37)34(10)25(42)31-23(40)29-21(38)26-6/h13-17H,11-12H2,1-10H3,(H,28,35)(H2,27,30,39,41)(H3,26,29,31,38,40,42)/t15-,16+,17+/m1/s1. The first kappa shape index (κ1) is 37.6. The number of nitrogens with one attached hydrogen (secondary N) is 6. The van der Waals surface area contributed by atoms with Gasteiger partial charge < -0.3 is 25.8 Å². The molecule has 0 aliphatic rings. The molecule has 0 fully saturated rings. The fraction of sp³-hybridized carbons (Fsp3) is 0.680. The van der Waals surface area contributed by atoms with Gasteiger partial charge in [-0.15, -0.1) is 0 Å². The van der Waals surface area contributed by atoms with Crippen LogP contribution in [0, 0.1) is 11.8 Å². The Labute approximate surface area is 245 Å². The third kappa shape index (κ3) is 11.2. The maximum Gasteiger partial charge on any atom is 0.331 e. The molecule has 0 radical (unpaired) electrons. The van der Waals surface area contributed by atoms with Gasteiger partial charge in [-0.25, -0.2) is 24.0 Å². The second-order valence-electron chi connectivity index (χ2n) is 10.2. The van der Waals surface area contributed by atoms with Crippen LogP contribution < -0.4 is 31.9 Å². The molecule has 17 nitrogen and oxygen atoms in total. The summed E-state index contributed by atoms with van der Waals surface area (Å²) in [5.41, 5.74) is 0. The molecule has 17 heteroatoms. The lowest BCUT2D eigenvalue weighted by molar-refractivity contribution is -0.144. The highest BCUT2D eigenvalue weighted by molar-refractivity contribution is 6.06. The number of hydrogen-bond acceptors (Lipinski definition) is 8. The Morgan fingerprint density at radius 1 is 0.643 bits per heavy atom. The van der Waals surface area contributed by atoms with E-state index in [4.69, 9.17) is 0 Å². The summed E-state index contributed by atoms with van der Waals surface area (Å²) in [6.07, 6.45) is 0.380. The van der Waals surface area contributed by atoms with E-state index in [1.807, 2.05) is 24.5 Å². The van der Waals surface area contributed by atoms with Crippen LogP contribution in [0.1, 0.15) is 47.5 Å². The summed E-state index contributed by atoms with van der Waals surface area (Å²) in [5, 5.41) is 12.7. The fourth-order valence-electron chi connectivity index (χ4n) is 3.73. The molecule has 238 valence electrons. The second-order valence-corrected chi connectivity index (χ2v) is 10.2. The molecule has 0 rings (SSSR count). The average molecular weight is 600 g/mol. The number of amides is 13. The molecule has 0 spiro atoms. The number of carbonyl (C=O) groups is 8. The molecule has 0 saturated carbocycles. The molecule has 0 heterocycles. The van der Waals surface area contributed by atoms with E-state index in [0.29, 0.717) is 4.90 Å². The molecule has 0 aliphatic heterocycles. The van der Waals surface area contributed by atoms with E-state index in [1.54, 1.807) is 20.8 Å². The predicted octanol–water partition coefficient (Wildman–Crippen LogP) is -0.0233. The number of nitrogens with zero attached hydrogens (tertiary/aromatic N) is 3. The van der Waals surface area contributed by atoms with Gasteiger partial charge >= 0.3 is 30.2 Å². The number of hydrogen-bond donors (Lipinski definition) is 6. The van der Waals surface area contributed by atoms with Crippen LogP contribution in [0.3, 0.4) is 0 Å². The molecule has 0 aromatic rings. The van der Waals surface area contributed by atoms with Gasteiger partial charge in [0.25, 0.3) is 5.91 Å². The topological polar surface area (TPSA) is 218 Å². The van der Waals surface area contributed by atoms with Gasteiger partial charge in [-0.2, -0.15) is 0 Å². The summed E-state index contributed by atoms with van der Waals surface area (Å²) < 4.78 is 0. The van der Waals surface area contributed by atoms with Crippen molar-refractivity contribution in [3.8, 4) is 0 Å². The third-order valence-corrected chi connectivity index (χ3v) is 6.26. The lowest BCUT2D eigenvalue weighted by Gasteiger charge is -2.35. The van der Waals surface area contributed by atoms with Gasteiger partial charge in [0.2, 0.25) is 11.8 Å². The zero-order valence-electron chi connectivity index (χ0n) is 25.9. The van der Waals surface area contributed by atoms with Gasteiger partial charge in [0.1, 0.15) is 18.1 Å². The Bertz CT molecular complexity index is 1030. The van der Waals surface area contributed by atoms with Gasteiger partial charge in [-0.3, -0.25) is 35.2 Å². The largest absolute Gasteiger partial charge is 0.342 e. The Balaban J connectivity index is 5.91. The lowest BCUT2D eigenvalue weighted by atomic mass is 9.98. The van der Waals surface area contributed by atoms with Crippen LogP contribution >= 0.6 is 0 Å². The Hall–Kier alpha value is -4.44. The predicted molar refractivity (Wildman–Crippen MR) is 152 cm³/mol. The molecule has 0 saturated heterocycles. The van der Waals surface area contributed by atoms with E-state index in [-0.39, 0.29) is 18.8 Å². The average Bonchev–Trinajstić information content (AvgIpc) is 2.92. The molecule has 0 bridgehead atoms. The minimum Gasteiger partial charge on any atom is -0.342 e. The van der Waals surface area contributed by atoms with Crippen LogP contribution in [0.15, 0.2) is 0 Å². The smallest absolute Gasteiger partial charge is 0.331 e. The fourth-order valence-corrected chi connectivity index (χ4v) is 3.73. The highest BCUT2D eigenvalue weighted by atomic mass is 16.2. The van der Waals surface area contributed by atoms with E-state index in [2.05, 4.69) is 21.3 Å². The molecular weight excluding hydrogens is 554 g/mol. The lowest BCUT2D eigenvalue weighted by Crippen LogP contribution is -2.60. The number of carbonyl (C=O) groups excluding carboxylic acids is 8. The molecule has 0 aliphatic carbocycles. The first-order valence-corrected chi connectivity index (χ1v) is 13.4. The van der Waals surface area contributed by atoms with Gasteiger partial charge in [0, 0.05) is 35.2 Å². The number of imide groups is 4. The first-order valence-electron chi connectivity index (χ1n) is 13.4. The monoisotopic (exact) mass is 599 g/mol. The number of urea groups is 5. The summed E-state index contributed by atoms with van der Waals surface area (Å²) in [7, 11) is 6.44. The second kappa shape index (κ2) is 17.4. The van der Waals surface area contributed by atoms with Gasteiger partial charge in [0.15, 0.2) is 0 Å². The van der Waals surface area contributed by atoms with E-state index < -0.39 is 71.9 Å². The summed E-state index contributed by atoms with van der Waals surface area (Å²) in [6.45, 7) is 8.61. The molecule has 3 atom stereocenters. The Morgan fingerprint density at radius 3 is 1.60 bits per heavy atom. The van der Waals surface area contributed by atoms with Crippen molar-refractivity contribution in [3.05, 3.63) is 0 Å². The van der Waals surface area contributed by atoms with E-state index in [0.717, 1.165) is 11.9 Å². The van der Waals surface area contributed by atoms with E-state index in [1.165, 1.54) is 33.1 Å². The molecule has 0 unspecified atom stereocenters. The van der Waals surface area contributed by atoms with Gasteiger partial charge in [-0.05, 0) is 24.7 Å². The summed E-state index contributed by atoms with van der Waals surface area (Å²) in [5.74, 6) is -2.67. The van der Waals surface area contributed by atoms with Crippen LogP contribution in [0.5, 0.6) is 0 Å². The van der Waals surface area contributed by atoms with Crippen molar-refractivity contribution < 1.29 is 38.4 Å². The Morgan fingerprint density at radius 2 is 1.14 bits per heavy atom. The van der Waals surface area contributed by atoms with Gasteiger partial charge in [-0.1, -0.05) is 34.6 Å². The number of rotatable bonds is 10. The molecule has 0 aromatic heterocycles. The molecular formula is C25H45N9O8.